The van der Waals surface area contributed by atoms with E-state index in [1.165, 1.54) is 50.5 Å². The van der Waals surface area contributed by atoms with Crippen LogP contribution >= 0.6 is 11.8 Å². The number of fused-ring (bicyclic) bond motifs is 3. The smallest absolute Gasteiger partial charge is 0.319 e. The van der Waals surface area contributed by atoms with E-state index in [4.69, 9.17) is 5.26 Å². The Labute approximate surface area is 171 Å². The molecule has 28 heavy (non-hydrogen) atoms. The van der Waals surface area contributed by atoms with Gasteiger partial charge in [-0.1, -0.05) is 6.07 Å². The van der Waals surface area contributed by atoms with Gasteiger partial charge in [-0.3, -0.25) is 4.90 Å². The summed E-state index contributed by atoms with van der Waals surface area (Å²) in [5, 5.41) is 14.8. The lowest BCUT2D eigenvalue weighted by molar-refractivity contribution is -0.00980. The Morgan fingerprint density at radius 3 is 2.89 bits per heavy atom. The molecule has 2 bridgehead atoms. The van der Waals surface area contributed by atoms with Gasteiger partial charge < -0.3 is 15.5 Å². The van der Waals surface area contributed by atoms with Crippen LogP contribution in [-0.4, -0.2) is 72.6 Å². The molecule has 5 rings (SSSR count). The predicted molar refractivity (Wildman–Crippen MR) is 114 cm³/mol. The second-order valence-electron chi connectivity index (χ2n) is 8.13. The highest BCUT2D eigenvalue weighted by atomic mass is 32.2. The highest BCUT2D eigenvalue weighted by Gasteiger charge is 2.40. The van der Waals surface area contributed by atoms with Crippen LogP contribution in [0.25, 0.3) is 0 Å². The number of thioether (sulfide) groups is 1. The summed E-state index contributed by atoms with van der Waals surface area (Å²) in [6.45, 7) is 6.75. The zero-order valence-electron chi connectivity index (χ0n) is 16.3. The minimum atomic E-state index is -0.194. The number of piperidine rings is 3. The maximum atomic E-state index is 12.3. The van der Waals surface area contributed by atoms with Crippen molar-refractivity contribution >= 4 is 23.5 Å². The summed E-state index contributed by atoms with van der Waals surface area (Å²) in [5.74, 6) is 4.14. The van der Waals surface area contributed by atoms with Gasteiger partial charge in [-0.15, -0.1) is 0 Å². The van der Waals surface area contributed by atoms with E-state index < -0.39 is 0 Å². The fourth-order valence-electron chi connectivity index (χ4n) is 4.84. The number of anilines is 1. The largest absolute Gasteiger partial charge is 0.336 e. The van der Waals surface area contributed by atoms with Crippen LogP contribution in [0.5, 0.6) is 0 Å². The molecule has 4 aliphatic heterocycles. The van der Waals surface area contributed by atoms with Crippen molar-refractivity contribution in [2.24, 2.45) is 11.8 Å². The second kappa shape index (κ2) is 9.17. The van der Waals surface area contributed by atoms with Crippen LogP contribution in [0.1, 0.15) is 18.4 Å². The van der Waals surface area contributed by atoms with Gasteiger partial charge in [-0.2, -0.15) is 17.0 Å². The number of carbonyl (C=O) groups excluding carboxylic acids is 1. The van der Waals surface area contributed by atoms with Crippen molar-refractivity contribution in [2.75, 3.05) is 56.1 Å². The lowest BCUT2D eigenvalue weighted by Crippen LogP contribution is -2.59. The van der Waals surface area contributed by atoms with E-state index in [-0.39, 0.29) is 6.03 Å². The molecule has 4 heterocycles. The molecule has 4 unspecified atom stereocenters. The first kappa shape index (κ1) is 19.6. The topological polar surface area (TPSA) is 71.4 Å². The normalized spacial score (nSPS) is 29.8. The highest BCUT2D eigenvalue weighted by molar-refractivity contribution is 7.99. The number of hydrogen-bond donors (Lipinski definition) is 2. The molecule has 1 aromatic carbocycles. The van der Waals surface area contributed by atoms with E-state index in [9.17, 15) is 4.79 Å². The first-order valence-electron chi connectivity index (χ1n) is 10.3. The molecule has 4 saturated heterocycles. The number of hydrogen-bond acceptors (Lipinski definition) is 5. The zero-order valence-corrected chi connectivity index (χ0v) is 17.1. The summed E-state index contributed by atoms with van der Waals surface area (Å²) in [7, 11) is 0. The molecule has 0 saturated carbocycles. The van der Waals surface area contributed by atoms with Crippen LogP contribution in [0, 0.1) is 23.2 Å². The molecule has 7 heteroatoms. The monoisotopic (exact) mass is 399 g/mol. The lowest BCUT2D eigenvalue weighted by atomic mass is 9.75. The van der Waals surface area contributed by atoms with Crippen LogP contribution in [0.2, 0.25) is 0 Å². The van der Waals surface area contributed by atoms with Gasteiger partial charge in [-0.05, 0) is 49.4 Å². The second-order valence-corrected chi connectivity index (χ2v) is 9.36. The van der Waals surface area contributed by atoms with Crippen LogP contribution in [0.3, 0.4) is 0 Å². The number of nitriles is 1. The maximum absolute atomic E-state index is 12.3. The predicted octanol–water partition coefficient (Wildman–Crippen LogP) is 2.44. The van der Waals surface area contributed by atoms with Crippen LogP contribution < -0.4 is 10.6 Å². The third-order valence-electron chi connectivity index (χ3n) is 6.36. The minimum absolute atomic E-state index is 0.194. The van der Waals surface area contributed by atoms with Crippen LogP contribution in [0.4, 0.5) is 10.5 Å². The first-order chi connectivity index (χ1) is 13.7. The maximum Gasteiger partial charge on any atom is 0.319 e. The molecular formula is C21H29N5OS. The average Bonchev–Trinajstić information content (AvgIpc) is 2.74. The molecule has 150 valence electrons. The Morgan fingerprint density at radius 1 is 1.29 bits per heavy atom. The van der Waals surface area contributed by atoms with Crippen molar-refractivity contribution in [3.63, 3.8) is 0 Å². The van der Waals surface area contributed by atoms with Crippen molar-refractivity contribution in [3.8, 4) is 6.07 Å². The summed E-state index contributed by atoms with van der Waals surface area (Å²) < 4.78 is 0. The lowest BCUT2D eigenvalue weighted by Gasteiger charge is -2.51. The molecule has 0 aromatic heterocycles. The van der Waals surface area contributed by atoms with Crippen molar-refractivity contribution < 1.29 is 4.79 Å². The molecule has 2 N–H and O–H groups in total. The van der Waals surface area contributed by atoms with Gasteiger partial charge in [-0.25, -0.2) is 4.79 Å². The highest BCUT2D eigenvalue weighted by Crippen LogP contribution is 2.36. The van der Waals surface area contributed by atoms with E-state index in [2.05, 4.69) is 38.3 Å². The van der Waals surface area contributed by atoms with Crippen LogP contribution in [-0.2, 0) is 0 Å². The minimum Gasteiger partial charge on any atom is -0.336 e. The molecule has 1 aromatic rings. The number of urea groups is 1. The van der Waals surface area contributed by atoms with E-state index in [1.54, 1.807) is 24.3 Å². The standard InChI is InChI=1S/C21H29N5OS/c22-12-16-2-1-3-19(10-16)24-21(27)23-13-20-11-17-4-5-26(20)15-18(17)14-25-6-8-28-9-7-25/h1-3,10,17-18,20H,4-9,11,13-15H2,(H2,23,24,27). The number of nitrogens with zero attached hydrogens (tertiary/aromatic N) is 3. The van der Waals surface area contributed by atoms with Gasteiger partial charge >= 0.3 is 6.03 Å². The summed E-state index contributed by atoms with van der Waals surface area (Å²) in [4.78, 5) is 17.5. The molecule has 4 aliphatic rings. The van der Waals surface area contributed by atoms with E-state index in [0.29, 0.717) is 23.8 Å². The zero-order chi connectivity index (χ0) is 19.3. The average molecular weight is 400 g/mol. The van der Waals surface area contributed by atoms with E-state index >= 15 is 0 Å². The molecule has 4 fully saturated rings. The fourth-order valence-corrected chi connectivity index (χ4v) is 5.82. The van der Waals surface area contributed by atoms with E-state index in [1.807, 2.05) is 0 Å². The summed E-state index contributed by atoms with van der Waals surface area (Å²) in [6.07, 6.45) is 2.49. The molecular weight excluding hydrogens is 370 g/mol. The number of carbonyl (C=O) groups is 1. The Kier molecular flexibility index (Phi) is 6.40. The van der Waals surface area contributed by atoms with Gasteiger partial charge in [0.15, 0.2) is 0 Å². The number of nitrogens with one attached hydrogen (secondary N) is 2. The molecule has 4 atom stereocenters. The molecule has 6 nitrogen and oxygen atoms in total. The molecule has 2 amide bonds. The fraction of sp³-hybridized carbons (Fsp3) is 0.619. The first-order valence-corrected chi connectivity index (χ1v) is 11.5. The Balaban J connectivity index is 1.24. The summed E-state index contributed by atoms with van der Waals surface area (Å²) in [5.41, 5.74) is 1.20. The van der Waals surface area contributed by atoms with Gasteiger partial charge in [0, 0.05) is 56.0 Å². The number of benzene rings is 1. The van der Waals surface area contributed by atoms with Gasteiger partial charge in [0.05, 0.1) is 11.6 Å². The van der Waals surface area contributed by atoms with Crippen molar-refractivity contribution in [1.29, 1.82) is 5.26 Å². The van der Waals surface area contributed by atoms with Crippen molar-refractivity contribution in [3.05, 3.63) is 29.8 Å². The van der Waals surface area contributed by atoms with Gasteiger partial charge in [0.1, 0.15) is 0 Å². The molecule has 0 aliphatic carbocycles. The third-order valence-corrected chi connectivity index (χ3v) is 7.30. The van der Waals surface area contributed by atoms with Crippen molar-refractivity contribution in [2.45, 2.75) is 18.9 Å². The Bertz CT molecular complexity index is 730. The van der Waals surface area contributed by atoms with E-state index in [0.717, 1.165) is 18.4 Å². The number of rotatable bonds is 5. The third kappa shape index (κ3) is 4.80. The van der Waals surface area contributed by atoms with Crippen LogP contribution in [0.15, 0.2) is 24.3 Å². The SMILES string of the molecule is N#Cc1cccc(NC(=O)NCC2CC3CCN2CC3CN2CCSCC2)c1. The molecule has 0 spiro atoms. The summed E-state index contributed by atoms with van der Waals surface area (Å²) in [6, 6.07) is 9.35. The Hall–Kier alpha value is -1.75. The summed E-state index contributed by atoms with van der Waals surface area (Å²) >= 11 is 2.07. The molecule has 0 radical (unpaired) electrons. The Morgan fingerprint density at radius 2 is 2.14 bits per heavy atom. The quantitative estimate of drug-likeness (QED) is 0.796. The van der Waals surface area contributed by atoms with Crippen molar-refractivity contribution in [1.82, 2.24) is 15.1 Å². The van der Waals surface area contributed by atoms with Gasteiger partial charge in [0.25, 0.3) is 0 Å². The number of amides is 2. The van der Waals surface area contributed by atoms with Gasteiger partial charge in [0.2, 0.25) is 0 Å².